The molecule has 5 nitrogen and oxygen atoms in total. The van der Waals surface area contributed by atoms with Crippen LogP contribution in [0.5, 0.6) is 5.75 Å². The van der Waals surface area contributed by atoms with Gasteiger partial charge in [0.15, 0.2) is 5.78 Å². The van der Waals surface area contributed by atoms with Crippen LogP contribution in [0.1, 0.15) is 101 Å². The zero-order chi connectivity index (χ0) is 32.5. The second kappa shape index (κ2) is 15.8. The van der Waals surface area contributed by atoms with Gasteiger partial charge in [0.1, 0.15) is 11.5 Å². The first-order valence-corrected chi connectivity index (χ1v) is 17.5. The second-order valence-corrected chi connectivity index (χ2v) is 14.0. The van der Waals surface area contributed by atoms with E-state index in [1.807, 2.05) is 12.3 Å². The van der Waals surface area contributed by atoms with Crippen LogP contribution in [0.15, 0.2) is 71.2 Å². The zero-order valence-corrected chi connectivity index (χ0v) is 28.8. The summed E-state index contributed by atoms with van der Waals surface area (Å²) in [5.41, 5.74) is 10.5. The molecule has 3 aliphatic carbocycles. The van der Waals surface area contributed by atoms with Gasteiger partial charge in [-0.2, -0.15) is 0 Å². The van der Waals surface area contributed by atoms with Gasteiger partial charge in [-0.25, -0.2) is 0 Å². The number of benzene rings is 2. The van der Waals surface area contributed by atoms with Crippen molar-refractivity contribution in [2.75, 3.05) is 20.2 Å². The molecule has 1 saturated heterocycles. The highest BCUT2D eigenvalue weighted by Gasteiger charge is 2.49. The highest BCUT2D eigenvalue weighted by Crippen LogP contribution is 2.55. The number of fused-ring (bicyclic) bond motifs is 2. The molecule has 4 atom stereocenters. The molecular formula is C43H64N2O3. The number of Topliss-reactive ketones (excluding diaryl/α,β-unsaturated/α-hetero) is 1. The summed E-state index contributed by atoms with van der Waals surface area (Å²) < 4.78 is 12.3. The van der Waals surface area contributed by atoms with Crippen LogP contribution in [0.2, 0.25) is 0 Å². The van der Waals surface area contributed by atoms with E-state index < -0.39 is 0 Å². The lowest BCUT2D eigenvalue weighted by Crippen LogP contribution is -2.16. The number of carbonyl (C=O) groups is 1. The molecule has 2 saturated carbocycles. The number of hydrogen-bond acceptors (Lipinski definition) is 5. The lowest BCUT2D eigenvalue weighted by Gasteiger charge is -2.21. The monoisotopic (exact) mass is 656 g/mol. The van der Waals surface area contributed by atoms with Gasteiger partial charge in [0.2, 0.25) is 0 Å². The first-order chi connectivity index (χ1) is 22.2. The topological polar surface area (TPSA) is 69.5 Å². The number of rotatable bonds is 12. The average Bonchev–Trinajstić information content (AvgIpc) is 4.00. The molecule has 4 unspecified atom stereocenters. The fraction of sp³-hybridized carbons (Fsp3) is 0.512. The molecule has 0 radical (unpaired) electrons. The SMILES string of the molecule is C.C.CC1C2CNCC12.CCCC(CCC)Oc1ccc(-c2cccc(/C=C(\C)C3=C(OC)C=C(C(C)=O)C4CC34)c2C)cc1C1=CN1.[HH].[HH]. The van der Waals surface area contributed by atoms with Gasteiger partial charge in [0.05, 0.1) is 18.9 Å². The standard InChI is InChI=1S/C35H41NO3.C6H11N.2CH4.2H2/c1-7-10-26(11-8-2)39-33-15-14-25(17-31(33)32-20-36-32)27-13-9-12-24(22(27)4)16-21(3)35-30-18-29(30)28(23(5)37)19-34(35)38-6;1-4-5-2-7-3-6(4)5;;;;/h9,12-17,19-20,26,29-30,36H,7-8,10-11,18H2,1-6H3;4-7H,2-3H2,1H3;2*1H4;2*1H/b21-16+;;;;;. The molecule has 264 valence electrons. The Hall–Kier alpha value is -3.57. The largest absolute Gasteiger partial charge is 0.496 e. The van der Waals surface area contributed by atoms with Crippen LogP contribution in [0.3, 0.4) is 0 Å². The van der Waals surface area contributed by atoms with Crippen molar-refractivity contribution in [2.24, 2.45) is 29.6 Å². The van der Waals surface area contributed by atoms with E-state index in [9.17, 15) is 4.79 Å². The molecule has 5 heteroatoms. The fourth-order valence-electron chi connectivity index (χ4n) is 7.83. The summed E-state index contributed by atoms with van der Waals surface area (Å²) >= 11 is 0. The van der Waals surface area contributed by atoms with E-state index in [0.29, 0.717) is 11.8 Å². The molecule has 2 heterocycles. The number of nitrogens with one attached hydrogen (secondary N) is 2. The van der Waals surface area contributed by atoms with Gasteiger partial charge >= 0.3 is 0 Å². The Morgan fingerprint density at radius 2 is 1.71 bits per heavy atom. The summed E-state index contributed by atoms with van der Waals surface area (Å²) in [6, 6.07) is 13.1. The third kappa shape index (κ3) is 7.83. The van der Waals surface area contributed by atoms with Gasteiger partial charge < -0.3 is 20.1 Å². The lowest BCUT2D eigenvalue weighted by molar-refractivity contribution is -0.113. The number of carbonyl (C=O) groups excluding carboxylic acids is 1. The molecule has 48 heavy (non-hydrogen) atoms. The van der Waals surface area contributed by atoms with Gasteiger partial charge in [-0.3, -0.25) is 4.79 Å². The van der Waals surface area contributed by atoms with E-state index in [-0.39, 0.29) is 29.6 Å². The summed E-state index contributed by atoms with van der Waals surface area (Å²) in [5.74, 6) is 5.85. The van der Waals surface area contributed by atoms with Crippen molar-refractivity contribution in [2.45, 2.75) is 94.6 Å². The van der Waals surface area contributed by atoms with Crippen molar-refractivity contribution >= 4 is 17.6 Å². The van der Waals surface area contributed by atoms with E-state index >= 15 is 0 Å². The van der Waals surface area contributed by atoms with Gasteiger partial charge in [-0.15, -0.1) is 0 Å². The highest BCUT2D eigenvalue weighted by atomic mass is 16.5. The van der Waals surface area contributed by atoms with E-state index in [2.05, 4.69) is 87.7 Å². The Balaban J connectivity index is 0.000000696. The Kier molecular flexibility index (Phi) is 12.2. The molecule has 5 aliphatic rings. The van der Waals surface area contributed by atoms with Crippen LogP contribution in [-0.4, -0.2) is 32.1 Å². The summed E-state index contributed by atoms with van der Waals surface area (Å²) in [5, 5.41) is 6.63. The average molecular weight is 657 g/mol. The molecule has 7 rings (SSSR count). The number of allylic oxidation sites excluding steroid dienone is 4. The highest BCUT2D eigenvalue weighted by molar-refractivity contribution is 5.95. The predicted octanol–water partition coefficient (Wildman–Crippen LogP) is 10.6. The second-order valence-electron chi connectivity index (χ2n) is 14.0. The minimum Gasteiger partial charge on any atom is -0.496 e. The van der Waals surface area contributed by atoms with Crippen LogP contribution < -0.4 is 15.4 Å². The molecule has 0 aromatic heterocycles. The van der Waals surface area contributed by atoms with Crippen molar-refractivity contribution < 1.29 is 17.1 Å². The van der Waals surface area contributed by atoms with E-state index in [1.54, 1.807) is 14.0 Å². The van der Waals surface area contributed by atoms with Crippen LogP contribution >= 0.6 is 0 Å². The number of ether oxygens (including phenoxy) is 2. The molecule has 2 aromatic carbocycles. The summed E-state index contributed by atoms with van der Waals surface area (Å²) in [6.07, 6.45) is 11.9. The van der Waals surface area contributed by atoms with Crippen molar-refractivity contribution in [3.8, 4) is 16.9 Å². The molecule has 2 aromatic rings. The molecule has 0 spiro atoms. The maximum Gasteiger partial charge on any atom is 0.156 e. The Labute approximate surface area is 293 Å². The van der Waals surface area contributed by atoms with Crippen LogP contribution in [0.25, 0.3) is 22.9 Å². The molecule has 0 bridgehead atoms. The van der Waals surface area contributed by atoms with Crippen molar-refractivity contribution in [3.05, 3.63) is 87.8 Å². The summed E-state index contributed by atoms with van der Waals surface area (Å²) in [7, 11) is 1.70. The molecule has 2 aliphatic heterocycles. The van der Waals surface area contributed by atoms with Crippen LogP contribution in [0, 0.1) is 36.5 Å². The Morgan fingerprint density at radius 1 is 1.02 bits per heavy atom. The first kappa shape index (κ1) is 37.3. The van der Waals surface area contributed by atoms with Crippen molar-refractivity contribution in [1.29, 1.82) is 0 Å². The number of ketones is 1. The molecule has 3 fully saturated rings. The lowest BCUT2D eigenvalue weighted by atomic mass is 9.89. The quantitative estimate of drug-likeness (QED) is 0.238. The fourth-order valence-corrected chi connectivity index (χ4v) is 7.83. The van der Waals surface area contributed by atoms with Crippen LogP contribution in [0.4, 0.5) is 0 Å². The van der Waals surface area contributed by atoms with Gasteiger partial charge in [0, 0.05) is 25.8 Å². The van der Waals surface area contributed by atoms with E-state index in [4.69, 9.17) is 9.47 Å². The maximum atomic E-state index is 12.1. The zero-order valence-electron chi connectivity index (χ0n) is 28.8. The Bertz CT molecular complexity index is 1610. The normalized spacial score (nSPS) is 24.3. The number of hydrogen-bond donors (Lipinski definition) is 2. The smallest absolute Gasteiger partial charge is 0.156 e. The van der Waals surface area contributed by atoms with Crippen molar-refractivity contribution in [1.82, 2.24) is 10.6 Å². The summed E-state index contributed by atoms with van der Waals surface area (Å²) in [4.78, 5) is 12.1. The van der Waals surface area contributed by atoms with E-state index in [1.165, 1.54) is 46.5 Å². The van der Waals surface area contributed by atoms with Gasteiger partial charge in [-0.1, -0.05) is 78.8 Å². The van der Waals surface area contributed by atoms with Gasteiger partial charge in [-0.05, 0) is 129 Å². The van der Waals surface area contributed by atoms with Crippen molar-refractivity contribution in [3.63, 3.8) is 0 Å². The summed E-state index contributed by atoms with van der Waals surface area (Å²) in [6.45, 7) is 15.4. The molecular weight excluding hydrogens is 592 g/mol. The molecule has 2 N–H and O–H groups in total. The number of piperidine rings is 1. The minimum absolute atomic E-state index is 0. The third-order valence-electron chi connectivity index (χ3n) is 10.8. The Morgan fingerprint density at radius 3 is 2.27 bits per heavy atom. The molecule has 0 amide bonds. The first-order valence-electron chi connectivity index (χ1n) is 17.5. The third-order valence-corrected chi connectivity index (χ3v) is 10.8. The van der Waals surface area contributed by atoms with E-state index in [0.717, 1.165) is 78.2 Å². The minimum atomic E-state index is 0. The van der Waals surface area contributed by atoms with Gasteiger partial charge in [0.25, 0.3) is 0 Å². The maximum absolute atomic E-state index is 12.1. The predicted molar refractivity (Wildman–Crippen MR) is 207 cm³/mol. The number of methoxy groups -OCH3 is 1. The van der Waals surface area contributed by atoms with Crippen LogP contribution in [-0.2, 0) is 9.53 Å².